The van der Waals surface area contributed by atoms with E-state index in [1.54, 1.807) is 13.8 Å². The van der Waals surface area contributed by atoms with Crippen LogP contribution < -0.4 is 20.9 Å². The minimum absolute atomic E-state index is 0.0820. The van der Waals surface area contributed by atoms with Crippen molar-refractivity contribution in [3.05, 3.63) is 12.7 Å². The number of anilines is 2. The minimum atomic E-state index is -4.30. The van der Waals surface area contributed by atoms with Crippen LogP contribution in [-0.4, -0.2) is 138 Å². The summed E-state index contributed by atoms with van der Waals surface area (Å²) < 4.78 is 117. The van der Waals surface area contributed by atoms with Crippen LogP contribution in [0, 0.1) is 5.41 Å². The summed E-state index contributed by atoms with van der Waals surface area (Å²) in [5.41, 5.74) is 6.26. The summed E-state index contributed by atoms with van der Waals surface area (Å²) in [6, 6.07) is 0. The summed E-state index contributed by atoms with van der Waals surface area (Å²) in [4.78, 5) is 24.7. The smallest absolute Gasteiger partial charge is 0.474 e. The molecule has 4 fully saturated rings. The van der Waals surface area contributed by atoms with E-state index in [1.165, 1.54) is 21.8 Å². The van der Waals surface area contributed by atoms with Crippen molar-refractivity contribution in [1.82, 2.24) is 39.0 Å². The van der Waals surface area contributed by atoms with E-state index in [-0.39, 0.29) is 85.6 Å². The van der Waals surface area contributed by atoms with E-state index in [4.69, 9.17) is 57.6 Å². The number of fused-ring (bicyclic) bond motifs is 2. The van der Waals surface area contributed by atoms with Crippen molar-refractivity contribution in [1.29, 1.82) is 0 Å². The second kappa shape index (κ2) is 15.3. The van der Waals surface area contributed by atoms with Gasteiger partial charge in [0.2, 0.25) is 23.7 Å². The van der Waals surface area contributed by atoms with Crippen LogP contribution in [-0.2, 0) is 45.7 Å². The fourth-order valence-corrected chi connectivity index (χ4v) is 9.83. The molecule has 4 aliphatic heterocycles. The molecule has 0 unspecified atom stereocenters. The van der Waals surface area contributed by atoms with E-state index in [9.17, 15) is 19.3 Å². The number of aromatic nitrogens is 8. The Morgan fingerprint density at radius 2 is 1.10 bits per heavy atom. The molecular formula is C31H42F2N10O14P2. The normalized spacial score (nSPS) is 37.5. The van der Waals surface area contributed by atoms with Gasteiger partial charge in [0, 0.05) is 0 Å². The van der Waals surface area contributed by atoms with Crippen molar-refractivity contribution < 1.29 is 74.2 Å². The largest absolute Gasteiger partial charge is 0.476 e. The first-order chi connectivity index (χ1) is 27.9. The minimum Gasteiger partial charge on any atom is -0.476 e. The highest BCUT2D eigenvalue weighted by Gasteiger charge is 2.58. The Labute approximate surface area is 332 Å². The zero-order valence-electron chi connectivity index (χ0n) is 32.0. The summed E-state index contributed by atoms with van der Waals surface area (Å²) in [5.74, 6) is -0.155. The van der Waals surface area contributed by atoms with Crippen molar-refractivity contribution in [2.75, 3.05) is 64.3 Å². The lowest BCUT2D eigenvalue weighted by molar-refractivity contribution is -0.107. The number of alkyl halides is 2. The van der Waals surface area contributed by atoms with Gasteiger partial charge >= 0.3 is 15.6 Å². The van der Waals surface area contributed by atoms with Gasteiger partial charge in [-0.15, -0.1) is 0 Å². The third-order valence-electron chi connectivity index (χ3n) is 10.2. The highest BCUT2D eigenvalue weighted by atomic mass is 31.2. The van der Waals surface area contributed by atoms with Gasteiger partial charge in [-0.2, -0.15) is 19.9 Å². The first-order valence-electron chi connectivity index (χ1n) is 18.3. The molecule has 8 atom stereocenters. The standard InChI is InChI=1S/C31H42F2N10O14P2/c1-5-48-23-17-21(38-27(34)40-23)42(13-36-17)25-29(3,32)19(44)15(56-25)7-50-58(46)52-9-31(10-53-58)11-54-59(47,55-12-31)51-8-16-20(45)30(4,33)26(57-16)43-14-37-18-22(43)39-28(35)41-24(18)49-6-2/h13-16,19-20,25-26,44-45H,5-12H2,1-4H3,(H2,34,38,40)(H2,35,39,41)/t15-,16-,19-,20-,25-,26-,29-,30-,31?,58?,59?/m1/s1. The summed E-state index contributed by atoms with van der Waals surface area (Å²) in [6.45, 7) is 3.66. The van der Waals surface area contributed by atoms with Gasteiger partial charge in [-0.3, -0.25) is 36.3 Å². The number of ether oxygens (including phenoxy) is 4. The Kier molecular flexibility index (Phi) is 10.9. The summed E-state index contributed by atoms with van der Waals surface area (Å²) >= 11 is 0. The van der Waals surface area contributed by atoms with E-state index in [2.05, 4.69) is 29.9 Å². The van der Waals surface area contributed by atoms with Crippen LogP contribution in [0.15, 0.2) is 12.7 Å². The Morgan fingerprint density at radius 3 is 1.46 bits per heavy atom. The van der Waals surface area contributed by atoms with E-state index < -0.39 is 82.5 Å². The van der Waals surface area contributed by atoms with Crippen molar-refractivity contribution >= 4 is 49.9 Å². The molecule has 0 aromatic carbocycles. The molecule has 6 N–H and O–H groups in total. The average Bonchev–Trinajstić information content (AvgIpc) is 3.92. The van der Waals surface area contributed by atoms with E-state index in [0.29, 0.717) is 0 Å². The Morgan fingerprint density at radius 1 is 0.729 bits per heavy atom. The van der Waals surface area contributed by atoms with Crippen LogP contribution in [0.4, 0.5) is 20.7 Å². The second-order valence-electron chi connectivity index (χ2n) is 14.6. The lowest BCUT2D eigenvalue weighted by atomic mass is 9.93. The van der Waals surface area contributed by atoms with Crippen LogP contribution in [0.3, 0.4) is 0 Å². The molecule has 324 valence electrons. The number of rotatable bonds is 12. The molecule has 24 nitrogen and oxygen atoms in total. The van der Waals surface area contributed by atoms with Crippen LogP contribution in [0.1, 0.15) is 40.2 Å². The van der Waals surface area contributed by atoms with E-state index in [1.807, 2.05) is 0 Å². The van der Waals surface area contributed by atoms with Crippen molar-refractivity contribution in [2.24, 2.45) is 5.41 Å². The summed E-state index contributed by atoms with van der Waals surface area (Å²) in [7, 11) is -8.61. The topological polar surface area (TPSA) is 306 Å². The first-order valence-corrected chi connectivity index (χ1v) is 21.2. The highest BCUT2D eigenvalue weighted by Crippen LogP contribution is 2.61. The maximum absolute atomic E-state index is 16.1. The molecule has 0 amide bonds. The van der Waals surface area contributed by atoms with Crippen molar-refractivity contribution in [3.8, 4) is 11.8 Å². The number of nitrogens with two attached hydrogens (primary N) is 2. The van der Waals surface area contributed by atoms with Crippen molar-refractivity contribution in [2.45, 2.75) is 75.9 Å². The summed E-state index contributed by atoms with van der Waals surface area (Å²) in [5, 5.41) is 21.8. The number of phosphoric acid groups is 2. The molecule has 4 aromatic rings. The van der Waals surface area contributed by atoms with Crippen molar-refractivity contribution in [3.63, 3.8) is 0 Å². The first kappa shape index (κ1) is 41.9. The average molecular weight is 879 g/mol. The molecule has 4 aliphatic rings. The predicted octanol–water partition coefficient (Wildman–Crippen LogP) is 1.93. The number of phosphoric ester groups is 2. The molecule has 0 radical (unpaired) electrons. The highest BCUT2D eigenvalue weighted by molar-refractivity contribution is 7.48. The Bertz CT molecular complexity index is 2140. The lowest BCUT2D eigenvalue weighted by Gasteiger charge is -2.41. The molecule has 0 aliphatic carbocycles. The molecule has 4 aromatic heterocycles. The molecule has 0 saturated carbocycles. The number of halogens is 2. The predicted molar refractivity (Wildman–Crippen MR) is 194 cm³/mol. The maximum Gasteiger partial charge on any atom is 0.474 e. The Balaban J connectivity index is 0.847. The van der Waals surface area contributed by atoms with Gasteiger partial charge in [0.25, 0.3) is 0 Å². The number of imidazole rings is 2. The van der Waals surface area contributed by atoms with Crippen LogP contribution in [0.2, 0.25) is 0 Å². The number of nitrogens with zero attached hydrogens (tertiary/aromatic N) is 8. The number of aliphatic hydroxyl groups is 2. The fraction of sp³-hybridized carbons (Fsp3) is 0.677. The molecule has 8 heterocycles. The number of hydrogen-bond donors (Lipinski definition) is 4. The van der Waals surface area contributed by atoms with E-state index >= 15 is 8.78 Å². The molecule has 1 spiro atoms. The SMILES string of the molecule is CCOc1nc(N)nc2c1ncn2[C@@H]1O[C@H](COP2(=O)OCC3(CO2)COP(=O)(OC[C@H]2O[C@@H](n4cnc5c(OCC)nc(N)nc54)[C@](C)(F)[C@@H]2O)OC3)[C@@H](O)[C@@]1(C)F. The molecule has 8 rings (SSSR count). The van der Waals surface area contributed by atoms with Gasteiger partial charge in [0.15, 0.2) is 46.1 Å². The van der Waals surface area contributed by atoms with Gasteiger partial charge in [-0.1, -0.05) is 0 Å². The molecule has 28 heteroatoms. The van der Waals surface area contributed by atoms with E-state index in [0.717, 1.165) is 13.8 Å². The molecule has 59 heavy (non-hydrogen) atoms. The van der Waals surface area contributed by atoms with Crippen LogP contribution in [0.5, 0.6) is 11.8 Å². The van der Waals surface area contributed by atoms with Gasteiger partial charge in [0.05, 0.1) is 70.9 Å². The maximum atomic E-state index is 16.1. The molecular weight excluding hydrogens is 836 g/mol. The second-order valence-corrected chi connectivity index (χ2v) is 18.0. The quantitative estimate of drug-likeness (QED) is 0.148. The zero-order chi connectivity index (χ0) is 42.1. The van der Waals surface area contributed by atoms with Gasteiger partial charge in [-0.25, -0.2) is 27.9 Å². The number of nitrogen functional groups attached to an aromatic ring is 2. The molecule has 4 saturated heterocycles. The third-order valence-corrected chi connectivity index (χ3v) is 12.9. The monoisotopic (exact) mass is 878 g/mol. The third kappa shape index (κ3) is 7.52. The Hall–Kier alpha value is -3.78. The van der Waals surface area contributed by atoms with Gasteiger partial charge < -0.3 is 40.6 Å². The lowest BCUT2D eigenvalue weighted by Crippen LogP contribution is -2.46. The number of hydrogen-bond acceptors (Lipinski definition) is 22. The number of aliphatic hydroxyl groups excluding tert-OH is 2. The summed E-state index contributed by atoms with van der Waals surface area (Å²) in [6.07, 6.45) is -6.73. The van der Waals surface area contributed by atoms with Crippen LogP contribution in [0.25, 0.3) is 22.3 Å². The van der Waals surface area contributed by atoms with Crippen LogP contribution >= 0.6 is 15.6 Å². The van der Waals surface area contributed by atoms with Gasteiger partial charge in [-0.05, 0) is 27.7 Å². The van der Waals surface area contributed by atoms with Gasteiger partial charge in [0.1, 0.15) is 24.4 Å². The molecule has 0 bridgehead atoms. The zero-order valence-corrected chi connectivity index (χ0v) is 33.7. The fourth-order valence-electron chi connectivity index (χ4n) is 7.00.